The normalized spacial score (nSPS) is 11.3. The average molecular weight is 140 g/mol. The highest BCUT2D eigenvalue weighted by Crippen LogP contribution is 1.94. The first kappa shape index (κ1) is 8.63. The van der Waals surface area contributed by atoms with E-state index in [-0.39, 0.29) is 0 Å². The molecule has 0 aliphatic heterocycles. The Balaban J connectivity index is 4.25. The number of nitrogens with one attached hydrogen (secondary N) is 1. The summed E-state index contributed by atoms with van der Waals surface area (Å²) in [6, 6.07) is 1.59. The molecule has 0 rings (SSSR count). The Morgan fingerprint density at radius 2 is 2.10 bits per heavy atom. The lowest BCUT2D eigenvalue weighted by Crippen LogP contribution is -2.30. The summed E-state index contributed by atoms with van der Waals surface area (Å²) >= 11 is 0. The maximum Gasteiger partial charge on any atom is 0.244 e. The van der Waals surface area contributed by atoms with Crippen molar-refractivity contribution in [3.05, 3.63) is 0 Å². The summed E-state index contributed by atoms with van der Waals surface area (Å²) < 4.78 is 0. The third-order valence-corrected chi connectivity index (χ3v) is 1.04. The molecule has 1 N–H and O–H groups in total. The monoisotopic (exact) mass is 140 g/mol. The van der Waals surface area contributed by atoms with E-state index >= 15 is 0 Å². The van der Waals surface area contributed by atoms with E-state index in [9.17, 15) is 9.59 Å². The second-order valence-corrected chi connectivity index (χ2v) is 1.79. The van der Waals surface area contributed by atoms with Crippen molar-refractivity contribution in [2.45, 2.75) is 6.92 Å². The van der Waals surface area contributed by atoms with E-state index < -0.39 is 17.6 Å². The third-order valence-electron chi connectivity index (χ3n) is 1.04. The van der Waals surface area contributed by atoms with Crippen molar-refractivity contribution in [1.82, 2.24) is 5.32 Å². The summed E-state index contributed by atoms with van der Waals surface area (Å²) in [4.78, 5) is 21.1. The van der Waals surface area contributed by atoms with Gasteiger partial charge in [-0.25, -0.2) is 0 Å². The number of nitrogens with zero attached hydrogens (tertiary/aromatic N) is 1. The molecule has 0 heterocycles. The van der Waals surface area contributed by atoms with Crippen molar-refractivity contribution >= 4 is 11.7 Å². The first-order chi connectivity index (χ1) is 4.63. The first-order valence-corrected chi connectivity index (χ1v) is 2.75. The lowest BCUT2D eigenvalue weighted by atomic mass is 10.1. The van der Waals surface area contributed by atoms with Gasteiger partial charge in [0.15, 0.2) is 11.7 Å². The number of amides is 1. The highest BCUT2D eigenvalue weighted by molar-refractivity contribution is 6.02. The minimum Gasteiger partial charge on any atom is -0.358 e. The molecule has 0 radical (unpaired) electrons. The standard InChI is InChI=1S/C6H8N2O2/c1-4(9)5(3-7)6(10)8-2/h5H,1-2H3,(H,8,10). The molecule has 0 aliphatic rings. The molecule has 10 heavy (non-hydrogen) atoms. The lowest BCUT2D eigenvalue weighted by Gasteiger charge is -2.00. The summed E-state index contributed by atoms with van der Waals surface area (Å²) in [7, 11) is 1.38. The summed E-state index contributed by atoms with van der Waals surface area (Å²) in [5.74, 6) is -2.12. The smallest absolute Gasteiger partial charge is 0.244 e. The van der Waals surface area contributed by atoms with E-state index in [2.05, 4.69) is 5.32 Å². The minimum absolute atomic E-state index is 0.429. The molecule has 0 saturated carbocycles. The van der Waals surface area contributed by atoms with E-state index in [1.807, 2.05) is 0 Å². The molecule has 0 fully saturated rings. The molecule has 0 aromatic heterocycles. The molecule has 1 unspecified atom stereocenters. The molecule has 4 nitrogen and oxygen atoms in total. The van der Waals surface area contributed by atoms with Crippen LogP contribution in [-0.4, -0.2) is 18.7 Å². The van der Waals surface area contributed by atoms with Gasteiger partial charge in [-0.05, 0) is 6.92 Å². The molecule has 1 atom stereocenters. The second-order valence-electron chi connectivity index (χ2n) is 1.79. The quantitative estimate of drug-likeness (QED) is 0.524. The molecular weight excluding hydrogens is 132 g/mol. The highest BCUT2D eigenvalue weighted by Gasteiger charge is 2.20. The van der Waals surface area contributed by atoms with Gasteiger partial charge in [-0.1, -0.05) is 0 Å². The van der Waals surface area contributed by atoms with Crippen LogP contribution in [-0.2, 0) is 9.59 Å². The molecule has 4 heteroatoms. The summed E-state index contributed by atoms with van der Waals surface area (Å²) in [5.41, 5.74) is 0. The fourth-order valence-corrected chi connectivity index (χ4v) is 0.478. The molecule has 0 saturated heterocycles. The van der Waals surface area contributed by atoms with Crippen molar-refractivity contribution in [2.24, 2.45) is 5.92 Å². The predicted molar refractivity (Wildman–Crippen MR) is 33.9 cm³/mol. The first-order valence-electron chi connectivity index (χ1n) is 2.75. The minimum atomic E-state index is -1.15. The number of nitriles is 1. The Labute approximate surface area is 58.8 Å². The van der Waals surface area contributed by atoms with Gasteiger partial charge in [0.25, 0.3) is 0 Å². The predicted octanol–water partition coefficient (Wildman–Crippen LogP) is -0.539. The Hall–Kier alpha value is -1.37. The van der Waals surface area contributed by atoms with Gasteiger partial charge in [-0.3, -0.25) is 9.59 Å². The van der Waals surface area contributed by atoms with Crippen LogP contribution < -0.4 is 5.32 Å². The Morgan fingerprint density at radius 1 is 1.60 bits per heavy atom. The van der Waals surface area contributed by atoms with Gasteiger partial charge in [0.1, 0.15) is 0 Å². The number of hydrogen-bond acceptors (Lipinski definition) is 3. The van der Waals surface area contributed by atoms with E-state index in [0.717, 1.165) is 0 Å². The zero-order valence-electron chi connectivity index (χ0n) is 5.84. The maximum absolute atomic E-state index is 10.6. The number of hydrogen-bond donors (Lipinski definition) is 1. The fraction of sp³-hybridized carbons (Fsp3) is 0.500. The van der Waals surface area contributed by atoms with Crippen LogP contribution in [0.1, 0.15) is 6.92 Å². The van der Waals surface area contributed by atoms with E-state index in [1.165, 1.54) is 14.0 Å². The summed E-state index contributed by atoms with van der Waals surface area (Å²) in [6.45, 7) is 1.21. The molecule has 0 bridgehead atoms. The Kier molecular flexibility index (Phi) is 3.12. The molecular formula is C6H8N2O2. The SMILES string of the molecule is CNC(=O)C(C#N)C(C)=O. The van der Waals surface area contributed by atoms with Crippen LogP contribution in [0.4, 0.5) is 0 Å². The van der Waals surface area contributed by atoms with Gasteiger partial charge in [0, 0.05) is 7.05 Å². The fourth-order valence-electron chi connectivity index (χ4n) is 0.478. The number of carbonyl (C=O) groups excluding carboxylic acids is 2. The molecule has 54 valence electrons. The maximum atomic E-state index is 10.6. The van der Waals surface area contributed by atoms with Gasteiger partial charge in [0.2, 0.25) is 5.91 Å². The van der Waals surface area contributed by atoms with Gasteiger partial charge >= 0.3 is 0 Å². The van der Waals surface area contributed by atoms with Crippen LogP contribution >= 0.6 is 0 Å². The average Bonchev–Trinajstić information content (AvgIpc) is 1.88. The second kappa shape index (κ2) is 3.62. The number of carbonyl (C=O) groups is 2. The Bertz CT molecular complexity index is 192. The highest BCUT2D eigenvalue weighted by atomic mass is 16.2. The molecule has 0 aromatic carbocycles. The van der Waals surface area contributed by atoms with Crippen LogP contribution in [0, 0.1) is 17.2 Å². The lowest BCUT2D eigenvalue weighted by molar-refractivity contribution is -0.130. The van der Waals surface area contributed by atoms with Crippen LogP contribution in [0.3, 0.4) is 0 Å². The zero-order valence-corrected chi connectivity index (χ0v) is 5.84. The number of rotatable bonds is 2. The van der Waals surface area contributed by atoms with Crippen molar-refractivity contribution < 1.29 is 9.59 Å². The summed E-state index contributed by atoms with van der Waals surface area (Å²) in [6.07, 6.45) is 0. The van der Waals surface area contributed by atoms with E-state index in [1.54, 1.807) is 6.07 Å². The number of ketones is 1. The Morgan fingerprint density at radius 3 is 2.20 bits per heavy atom. The topological polar surface area (TPSA) is 70.0 Å². The molecule has 0 spiro atoms. The number of Topliss-reactive ketones (excluding diaryl/α,β-unsaturated/α-hetero) is 1. The molecule has 1 amide bonds. The van der Waals surface area contributed by atoms with Crippen LogP contribution in [0.5, 0.6) is 0 Å². The third kappa shape index (κ3) is 1.86. The van der Waals surface area contributed by atoms with Crippen molar-refractivity contribution in [3.8, 4) is 6.07 Å². The van der Waals surface area contributed by atoms with E-state index in [4.69, 9.17) is 5.26 Å². The molecule has 0 aliphatic carbocycles. The van der Waals surface area contributed by atoms with Gasteiger partial charge in [-0.15, -0.1) is 0 Å². The van der Waals surface area contributed by atoms with Crippen LogP contribution in [0.25, 0.3) is 0 Å². The summed E-state index contributed by atoms with van der Waals surface area (Å²) in [5, 5.41) is 10.5. The van der Waals surface area contributed by atoms with Gasteiger partial charge in [0.05, 0.1) is 6.07 Å². The largest absolute Gasteiger partial charge is 0.358 e. The van der Waals surface area contributed by atoms with Crippen molar-refractivity contribution in [2.75, 3.05) is 7.05 Å². The van der Waals surface area contributed by atoms with E-state index in [0.29, 0.717) is 0 Å². The van der Waals surface area contributed by atoms with Gasteiger partial charge in [-0.2, -0.15) is 5.26 Å². The zero-order chi connectivity index (χ0) is 8.15. The van der Waals surface area contributed by atoms with Crippen molar-refractivity contribution in [3.63, 3.8) is 0 Å². The molecule has 0 aromatic rings. The van der Waals surface area contributed by atoms with Crippen LogP contribution in [0.2, 0.25) is 0 Å². The van der Waals surface area contributed by atoms with Crippen molar-refractivity contribution in [1.29, 1.82) is 5.26 Å². The van der Waals surface area contributed by atoms with Crippen LogP contribution in [0.15, 0.2) is 0 Å². The van der Waals surface area contributed by atoms with Gasteiger partial charge < -0.3 is 5.32 Å².